The molecule has 0 amide bonds. The molecule has 106 valence electrons. The molecule has 1 atom stereocenters. The average molecular weight is 274 g/mol. The molecule has 7 heteroatoms. The number of hydrogen-bond donors (Lipinski definition) is 2. The van der Waals surface area contributed by atoms with Crippen LogP contribution in [0.25, 0.3) is 11.4 Å². The first-order chi connectivity index (χ1) is 9.78. The third-order valence-electron chi connectivity index (χ3n) is 3.38. The van der Waals surface area contributed by atoms with Gasteiger partial charge in [-0.05, 0) is 13.0 Å². The van der Waals surface area contributed by atoms with Crippen molar-refractivity contribution in [3.8, 4) is 17.1 Å². The predicted molar refractivity (Wildman–Crippen MR) is 75.8 cm³/mol. The summed E-state index contributed by atoms with van der Waals surface area (Å²) in [4.78, 5) is 10.8. The Morgan fingerprint density at radius 2 is 2.35 bits per heavy atom. The molecule has 2 N–H and O–H groups in total. The number of hydrogen-bond acceptors (Lipinski definition) is 6. The van der Waals surface area contributed by atoms with Crippen LogP contribution in [0.3, 0.4) is 0 Å². The molecule has 3 heterocycles. The maximum Gasteiger partial charge on any atom is 0.245 e. The molecule has 0 saturated carbocycles. The average Bonchev–Trinajstić information content (AvgIpc) is 2.97. The van der Waals surface area contributed by atoms with Gasteiger partial charge in [0.05, 0.1) is 18.9 Å². The van der Waals surface area contributed by atoms with Crippen LogP contribution in [-0.2, 0) is 0 Å². The summed E-state index contributed by atoms with van der Waals surface area (Å²) in [6.45, 7) is 4.93. The van der Waals surface area contributed by atoms with E-state index in [0.29, 0.717) is 17.6 Å². The summed E-state index contributed by atoms with van der Waals surface area (Å²) in [5, 5.41) is 10.7. The van der Waals surface area contributed by atoms with Crippen LogP contribution < -0.4 is 15.0 Å². The second-order valence-electron chi connectivity index (χ2n) is 4.86. The monoisotopic (exact) mass is 274 g/mol. The molecule has 1 saturated heterocycles. The molecule has 1 aliphatic heterocycles. The molecule has 20 heavy (non-hydrogen) atoms. The summed E-state index contributed by atoms with van der Waals surface area (Å²) in [7, 11) is 1.62. The molecule has 2 aromatic rings. The summed E-state index contributed by atoms with van der Waals surface area (Å²) in [5.41, 5.74) is 0.865. The molecule has 0 aromatic carbocycles. The molecule has 0 aliphatic carbocycles. The number of pyridine rings is 1. The fourth-order valence-electron chi connectivity index (χ4n) is 2.37. The van der Waals surface area contributed by atoms with E-state index in [1.165, 1.54) is 0 Å². The van der Waals surface area contributed by atoms with Crippen molar-refractivity contribution < 1.29 is 4.74 Å². The van der Waals surface area contributed by atoms with Gasteiger partial charge in [-0.25, -0.2) is 0 Å². The van der Waals surface area contributed by atoms with E-state index in [0.717, 1.165) is 31.1 Å². The summed E-state index contributed by atoms with van der Waals surface area (Å²) >= 11 is 0. The van der Waals surface area contributed by atoms with E-state index in [1.54, 1.807) is 19.5 Å². The molecule has 1 fully saturated rings. The number of anilines is 1. The highest BCUT2D eigenvalue weighted by atomic mass is 16.5. The summed E-state index contributed by atoms with van der Waals surface area (Å²) in [5.74, 6) is 2.11. The van der Waals surface area contributed by atoms with Gasteiger partial charge in [0.1, 0.15) is 5.75 Å². The van der Waals surface area contributed by atoms with E-state index in [1.807, 2.05) is 6.07 Å². The van der Waals surface area contributed by atoms with Gasteiger partial charge in [-0.2, -0.15) is 4.98 Å². The lowest BCUT2D eigenvalue weighted by molar-refractivity contribution is 0.414. The normalized spacial score (nSPS) is 19.1. The minimum Gasteiger partial charge on any atom is -0.494 e. The van der Waals surface area contributed by atoms with Gasteiger partial charge in [0.15, 0.2) is 5.82 Å². The maximum atomic E-state index is 5.30. The van der Waals surface area contributed by atoms with Crippen molar-refractivity contribution in [3.05, 3.63) is 18.5 Å². The van der Waals surface area contributed by atoms with E-state index < -0.39 is 0 Å². The van der Waals surface area contributed by atoms with Crippen LogP contribution in [0.4, 0.5) is 5.95 Å². The Morgan fingerprint density at radius 3 is 3.15 bits per heavy atom. The number of rotatable bonds is 3. The lowest BCUT2D eigenvalue weighted by Crippen LogP contribution is -2.49. The minimum absolute atomic E-state index is 0.446. The lowest BCUT2D eigenvalue weighted by Gasteiger charge is -2.30. The van der Waals surface area contributed by atoms with Crippen molar-refractivity contribution in [3.63, 3.8) is 0 Å². The lowest BCUT2D eigenvalue weighted by atomic mass is 10.2. The second-order valence-corrected chi connectivity index (χ2v) is 4.86. The molecular formula is C13H18N6O. The van der Waals surface area contributed by atoms with E-state index in [4.69, 9.17) is 4.74 Å². The molecule has 0 spiro atoms. The molecule has 0 radical (unpaired) electrons. The Balaban J connectivity index is 1.86. The van der Waals surface area contributed by atoms with Crippen molar-refractivity contribution in [2.45, 2.75) is 13.0 Å². The zero-order valence-electron chi connectivity index (χ0n) is 11.6. The van der Waals surface area contributed by atoms with Gasteiger partial charge in [-0.15, -0.1) is 5.10 Å². The molecule has 2 aromatic heterocycles. The summed E-state index contributed by atoms with van der Waals surface area (Å²) in [6, 6.07) is 2.31. The molecule has 1 aliphatic rings. The summed E-state index contributed by atoms with van der Waals surface area (Å²) < 4.78 is 5.30. The van der Waals surface area contributed by atoms with Gasteiger partial charge in [0.25, 0.3) is 0 Å². The SMILES string of the molecule is COc1cnccc1-c1nc(N2CCNC(C)C2)n[nH]1. The van der Waals surface area contributed by atoms with Crippen molar-refractivity contribution in [2.75, 3.05) is 31.6 Å². The van der Waals surface area contributed by atoms with Crippen LogP contribution in [0.5, 0.6) is 5.75 Å². The fourth-order valence-corrected chi connectivity index (χ4v) is 2.37. The number of aromatic nitrogens is 4. The predicted octanol–water partition coefficient (Wildman–Crippen LogP) is 0.673. The number of piperazine rings is 1. The number of H-pyrrole nitrogens is 1. The molecule has 1 unspecified atom stereocenters. The second kappa shape index (κ2) is 5.46. The standard InChI is InChI=1S/C13H18N6O/c1-9-8-19(6-5-15-9)13-16-12(17-18-13)10-3-4-14-7-11(10)20-2/h3-4,7,9,15H,5-6,8H2,1-2H3,(H,16,17,18). The highest BCUT2D eigenvalue weighted by molar-refractivity contribution is 5.63. The topological polar surface area (TPSA) is 79.0 Å². The number of methoxy groups -OCH3 is 1. The first-order valence-corrected chi connectivity index (χ1v) is 6.67. The van der Waals surface area contributed by atoms with Crippen LogP contribution in [0.1, 0.15) is 6.92 Å². The Hall–Kier alpha value is -2.15. The van der Waals surface area contributed by atoms with Gasteiger partial charge in [-0.1, -0.05) is 0 Å². The van der Waals surface area contributed by atoms with E-state index in [-0.39, 0.29) is 0 Å². The zero-order chi connectivity index (χ0) is 13.9. The van der Waals surface area contributed by atoms with Crippen LogP contribution in [0.2, 0.25) is 0 Å². The molecular weight excluding hydrogens is 256 g/mol. The Morgan fingerprint density at radius 1 is 1.45 bits per heavy atom. The minimum atomic E-state index is 0.446. The number of ether oxygens (including phenoxy) is 1. The van der Waals surface area contributed by atoms with Crippen LogP contribution >= 0.6 is 0 Å². The van der Waals surface area contributed by atoms with Gasteiger partial charge >= 0.3 is 0 Å². The zero-order valence-corrected chi connectivity index (χ0v) is 11.6. The molecule has 3 rings (SSSR count). The highest BCUT2D eigenvalue weighted by Crippen LogP contribution is 2.26. The van der Waals surface area contributed by atoms with Crippen molar-refractivity contribution in [1.82, 2.24) is 25.5 Å². The van der Waals surface area contributed by atoms with Gasteiger partial charge in [0, 0.05) is 31.9 Å². The quantitative estimate of drug-likeness (QED) is 0.856. The van der Waals surface area contributed by atoms with Crippen LogP contribution in [-0.4, -0.2) is 53.0 Å². The van der Waals surface area contributed by atoms with E-state index >= 15 is 0 Å². The van der Waals surface area contributed by atoms with Crippen molar-refractivity contribution in [1.29, 1.82) is 0 Å². The smallest absolute Gasteiger partial charge is 0.245 e. The van der Waals surface area contributed by atoms with E-state index in [2.05, 4.69) is 37.3 Å². The van der Waals surface area contributed by atoms with Gasteiger partial charge in [0.2, 0.25) is 5.95 Å². The number of aromatic amines is 1. The Labute approximate surface area is 117 Å². The Kier molecular flexibility index (Phi) is 3.51. The van der Waals surface area contributed by atoms with E-state index in [9.17, 15) is 0 Å². The first kappa shape index (κ1) is 12.9. The molecule has 7 nitrogen and oxygen atoms in total. The fraction of sp³-hybridized carbons (Fsp3) is 0.462. The van der Waals surface area contributed by atoms with Gasteiger partial charge in [-0.3, -0.25) is 10.1 Å². The van der Waals surface area contributed by atoms with Gasteiger partial charge < -0.3 is 15.0 Å². The Bertz CT molecular complexity index is 584. The third-order valence-corrected chi connectivity index (χ3v) is 3.38. The van der Waals surface area contributed by atoms with Crippen LogP contribution in [0.15, 0.2) is 18.5 Å². The number of nitrogens with one attached hydrogen (secondary N) is 2. The molecule has 0 bridgehead atoms. The van der Waals surface area contributed by atoms with Crippen molar-refractivity contribution >= 4 is 5.95 Å². The van der Waals surface area contributed by atoms with Crippen LogP contribution in [0, 0.1) is 0 Å². The highest BCUT2D eigenvalue weighted by Gasteiger charge is 2.20. The first-order valence-electron chi connectivity index (χ1n) is 6.67. The third kappa shape index (κ3) is 2.44. The summed E-state index contributed by atoms with van der Waals surface area (Å²) in [6.07, 6.45) is 3.39. The largest absolute Gasteiger partial charge is 0.494 e. The van der Waals surface area contributed by atoms with Crippen molar-refractivity contribution in [2.24, 2.45) is 0 Å². The number of nitrogens with zero attached hydrogens (tertiary/aromatic N) is 4. The maximum absolute atomic E-state index is 5.30.